The molecule has 0 bridgehead atoms. The second-order valence-corrected chi connectivity index (χ2v) is 4.22. The Bertz CT molecular complexity index is 402. The summed E-state index contributed by atoms with van der Waals surface area (Å²) in [6.07, 6.45) is 0. The number of hydrogen-bond donors (Lipinski definition) is 0. The van der Waals surface area contributed by atoms with Crippen molar-refractivity contribution in [3.63, 3.8) is 0 Å². The molecule has 0 amide bonds. The van der Waals surface area contributed by atoms with Crippen molar-refractivity contribution >= 4 is 26.2 Å². The van der Waals surface area contributed by atoms with E-state index in [1.54, 1.807) is 0 Å². The number of rotatable bonds is 1. The molecule has 0 spiro atoms. The maximum Gasteiger partial charge on any atom is 0.332 e. The Labute approximate surface area is 76.6 Å². The Kier molecular flexibility index (Phi) is 2.48. The normalized spacial score (nSPS) is 11.6. The van der Waals surface area contributed by atoms with E-state index < -0.39 is 20.9 Å². The van der Waals surface area contributed by atoms with E-state index in [-0.39, 0.29) is 4.47 Å². The average molecular weight is 257 g/mol. The minimum atomic E-state index is -4.80. The largest absolute Gasteiger partial charge is 0.332 e. The summed E-state index contributed by atoms with van der Waals surface area (Å²) in [5, 5.41) is 0. The molecule has 12 heavy (non-hydrogen) atoms. The predicted molar refractivity (Wildman–Crippen MR) is 42.4 cm³/mol. The Balaban J connectivity index is 3.33. The molecule has 0 aliphatic heterocycles. The first-order valence-electron chi connectivity index (χ1n) is 2.81. The van der Waals surface area contributed by atoms with E-state index in [4.69, 9.17) is 0 Å². The van der Waals surface area contributed by atoms with Gasteiger partial charge in [0.15, 0.2) is 0 Å². The number of benzene rings is 1. The second-order valence-electron chi connectivity index (χ2n) is 2.01. The van der Waals surface area contributed by atoms with Crippen LogP contribution >= 0.6 is 15.9 Å². The zero-order valence-corrected chi connectivity index (χ0v) is 7.99. The zero-order valence-electron chi connectivity index (χ0n) is 5.59. The minimum absolute atomic E-state index is 0.0925. The first-order valence-corrected chi connectivity index (χ1v) is 4.98. The molecule has 0 fully saturated rings. The van der Waals surface area contributed by atoms with E-state index in [1.807, 2.05) is 0 Å². The van der Waals surface area contributed by atoms with Crippen molar-refractivity contribution in [2.75, 3.05) is 0 Å². The molecule has 1 aromatic rings. The van der Waals surface area contributed by atoms with Crippen molar-refractivity contribution in [2.24, 2.45) is 0 Å². The van der Waals surface area contributed by atoms with Crippen LogP contribution < -0.4 is 0 Å². The third-order valence-corrected chi connectivity index (χ3v) is 2.63. The van der Waals surface area contributed by atoms with Crippen LogP contribution in [0.15, 0.2) is 27.6 Å². The summed E-state index contributed by atoms with van der Waals surface area (Å²) >= 11 is 2.80. The van der Waals surface area contributed by atoms with Gasteiger partial charge in [-0.25, -0.2) is 4.39 Å². The van der Waals surface area contributed by atoms with Crippen LogP contribution in [0.4, 0.5) is 8.28 Å². The Morgan fingerprint density at radius 1 is 1.33 bits per heavy atom. The van der Waals surface area contributed by atoms with Gasteiger partial charge in [-0.15, -0.1) is 3.89 Å². The molecule has 0 unspecified atom stereocenters. The topological polar surface area (TPSA) is 34.1 Å². The SMILES string of the molecule is O=S(=O)(F)c1ccc(Br)c(F)c1. The lowest BCUT2D eigenvalue weighted by atomic mass is 10.3. The lowest BCUT2D eigenvalue weighted by molar-refractivity contribution is 0.549. The molecule has 6 heteroatoms. The fraction of sp³-hybridized carbons (Fsp3) is 0. The van der Waals surface area contributed by atoms with Crippen LogP contribution in [0.25, 0.3) is 0 Å². The molecule has 0 saturated carbocycles. The second kappa shape index (κ2) is 3.10. The molecule has 0 aliphatic carbocycles. The summed E-state index contributed by atoms with van der Waals surface area (Å²) in [5.74, 6) is -0.811. The van der Waals surface area contributed by atoms with Gasteiger partial charge in [-0.05, 0) is 34.1 Å². The zero-order chi connectivity index (χ0) is 9.35. The molecule has 2 nitrogen and oxygen atoms in total. The monoisotopic (exact) mass is 256 g/mol. The Morgan fingerprint density at radius 2 is 1.92 bits per heavy atom. The molecule has 0 aromatic heterocycles. The van der Waals surface area contributed by atoms with Gasteiger partial charge in [0.1, 0.15) is 10.7 Å². The van der Waals surface area contributed by atoms with Gasteiger partial charge in [0.25, 0.3) is 0 Å². The summed E-state index contributed by atoms with van der Waals surface area (Å²) in [5.41, 5.74) is 0. The third-order valence-electron chi connectivity index (χ3n) is 1.17. The lowest BCUT2D eigenvalue weighted by Crippen LogP contribution is -1.92. The van der Waals surface area contributed by atoms with Gasteiger partial charge in [-0.2, -0.15) is 8.42 Å². The van der Waals surface area contributed by atoms with Gasteiger partial charge in [0, 0.05) is 0 Å². The van der Waals surface area contributed by atoms with Gasteiger partial charge >= 0.3 is 10.2 Å². The summed E-state index contributed by atoms with van der Waals surface area (Å²) in [6.45, 7) is 0. The average Bonchev–Trinajstić information content (AvgIpc) is 1.92. The third kappa shape index (κ3) is 2.01. The van der Waals surface area contributed by atoms with Crippen molar-refractivity contribution in [2.45, 2.75) is 4.90 Å². The van der Waals surface area contributed by atoms with Gasteiger partial charge in [-0.1, -0.05) is 0 Å². The molecule has 0 heterocycles. The molecular weight excluding hydrogens is 254 g/mol. The van der Waals surface area contributed by atoms with Crippen LogP contribution in [0.3, 0.4) is 0 Å². The maximum absolute atomic E-state index is 12.6. The summed E-state index contributed by atoms with van der Waals surface area (Å²) in [6, 6.07) is 2.71. The molecule has 0 N–H and O–H groups in total. The van der Waals surface area contributed by atoms with Gasteiger partial charge < -0.3 is 0 Å². The molecular formula is C6H3BrF2O2S. The van der Waals surface area contributed by atoms with Crippen LogP contribution in [0.5, 0.6) is 0 Å². The van der Waals surface area contributed by atoms with Crippen LogP contribution in [-0.2, 0) is 10.2 Å². The molecule has 1 aromatic carbocycles. The van der Waals surface area contributed by atoms with Crippen molar-refractivity contribution in [3.8, 4) is 0 Å². The fourth-order valence-corrected chi connectivity index (χ4v) is 1.35. The van der Waals surface area contributed by atoms with E-state index in [0.29, 0.717) is 6.07 Å². The quantitative estimate of drug-likeness (QED) is 0.723. The fourth-order valence-electron chi connectivity index (χ4n) is 0.629. The number of halogens is 3. The Morgan fingerprint density at radius 3 is 2.33 bits per heavy atom. The summed E-state index contributed by atoms with van der Waals surface area (Å²) in [4.78, 5) is -0.678. The van der Waals surface area contributed by atoms with E-state index in [2.05, 4.69) is 15.9 Å². The van der Waals surface area contributed by atoms with Crippen molar-refractivity contribution in [3.05, 3.63) is 28.5 Å². The lowest BCUT2D eigenvalue weighted by Gasteiger charge is -1.96. The maximum atomic E-state index is 12.6. The van der Waals surface area contributed by atoms with E-state index in [9.17, 15) is 16.7 Å². The van der Waals surface area contributed by atoms with E-state index >= 15 is 0 Å². The molecule has 1 rings (SSSR count). The first kappa shape index (κ1) is 9.60. The highest BCUT2D eigenvalue weighted by Gasteiger charge is 2.13. The van der Waals surface area contributed by atoms with Crippen LogP contribution in [-0.4, -0.2) is 8.42 Å². The first-order chi connectivity index (χ1) is 5.41. The van der Waals surface area contributed by atoms with Gasteiger partial charge in [0.05, 0.1) is 4.47 Å². The standard InChI is InChI=1S/C6H3BrF2O2S/c7-5-2-1-4(3-6(5)8)12(9,10)11/h1-3H. The molecule has 0 aliphatic rings. The van der Waals surface area contributed by atoms with Gasteiger partial charge in [-0.3, -0.25) is 0 Å². The Hall–Kier alpha value is -0.490. The number of hydrogen-bond acceptors (Lipinski definition) is 2. The smallest absolute Gasteiger partial charge is 0.206 e. The van der Waals surface area contributed by atoms with Crippen molar-refractivity contribution in [1.82, 2.24) is 0 Å². The highest BCUT2D eigenvalue weighted by molar-refractivity contribution is 9.10. The molecule has 66 valence electrons. The summed E-state index contributed by atoms with van der Waals surface area (Å²) in [7, 11) is -4.80. The predicted octanol–water partition coefficient (Wildman–Crippen LogP) is 2.25. The molecule has 0 radical (unpaired) electrons. The van der Waals surface area contributed by atoms with E-state index in [0.717, 1.165) is 12.1 Å². The molecule has 0 atom stereocenters. The summed E-state index contributed by atoms with van der Waals surface area (Å²) < 4.78 is 45.4. The van der Waals surface area contributed by atoms with Crippen molar-refractivity contribution in [1.29, 1.82) is 0 Å². The van der Waals surface area contributed by atoms with Crippen LogP contribution in [0, 0.1) is 5.82 Å². The van der Waals surface area contributed by atoms with Crippen LogP contribution in [0.1, 0.15) is 0 Å². The van der Waals surface area contributed by atoms with E-state index in [1.165, 1.54) is 0 Å². The van der Waals surface area contributed by atoms with Crippen LogP contribution in [0.2, 0.25) is 0 Å². The minimum Gasteiger partial charge on any atom is -0.206 e. The highest BCUT2D eigenvalue weighted by atomic mass is 79.9. The van der Waals surface area contributed by atoms with Crippen molar-refractivity contribution < 1.29 is 16.7 Å². The molecule has 0 saturated heterocycles. The van der Waals surface area contributed by atoms with Gasteiger partial charge in [0.2, 0.25) is 0 Å². The highest BCUT2D eigenvalue weighted by Crippen LogP contribution is 2.20.